The van der Waals surface area contributed by atoms with Crippen LogP contribution in [0.1, 0.15) is 43.7 Å². The number of benzene rings is 1. The van der Waals surface area contributed by atoms with Crippen LogP contribution in [0, 0.1) is 12.8 Å². The molecule has 2 N–H and O–H groups in total. The molecule has 3 heteroatoms. The van der Waals surface area contributed by atoms with E-state index in [1.165, 1.54) is 11.1 Å². The Morgan fingerprint density at radius 2 is 2.15 bits per heavy atom. The van der Waals surface area contributed by atoms with Gasteiger partial charge in [0.1, 0.15) is 0 Å². The van der Waals surface area contributed by atoms with Crippen LogP contribution in [0.25, 0.3) is 0 Å². The number of piperidine rings is 1. The first-order valence-corrected chi connectivity index (χ1v) is 7.55. The van der Waals surface area contributed by atoms with Gasteiger partial charge in [0.05, 0.1) is 0 Å². The molecule has 1 saturated heterocycles. The zero-order valence-electron chi connectivity index (χ0n) is 12.8. The van der Waals surface area contributed by atoms with E-state index >= 15 is 0 Å². The number of carbonyl (C=O) groups excluding carboxylic acids is 1. The van der Waals surface area contributed by atoms with E-state index in [-0.39, 0.29) is 11.9 Å². The molecular formula is C17H26N2O. The molecule has 1 aliphatic heterocycles. The average Bonchev–Trinajstić information content (AvgIpc) is 2.37. The fourth-order valence-electron chi connectivity index (χ4n) is 2.99. The van der Waals surface area contributed by atoms with Gasteiger partial charge in [-0.1, -0.05) is 43.7 Å². The maximum Gasteiger partial charge on any atom is 0.222 e. The summed E-state index contributed by atoms with van der Waals surface area (Å²) in [5, 5.41) is 0. The second kappa shape index (κ2) is 6.40. The molecule has 0 bridgehead atoms. The first kappa shape index (κ1) is 15.0. The number of nitrogens with zero attached hydrogens (tertiary/aromatic N) is 1. The normalized spacial score (nSPS) is 23.1. The first-order valence-electron chi connectivity index (χ1n) is 7.55. The second-order valence-corrected chi connectivity index (χ2v) is 6.50. The van der Waals surface area contributed by atoms with Crippen molar-refractivity contribution in [1.29, 1.82) is 0 Å². The van der Waals surface area contributed by atoms with Gasteiger partial charge < -0.3 is 10.6 Å². The number of rotatable bonds is 3. The van der Waals surface area contributed by atoms with Gasteiger partial charge in [0.2, 0.25) is 5.91 Å². The lowest BCUT2D eigenvalue weighted by atomic mass is 9.87. The van der Waals surface area contributed by atoms with Gasteiger partial charge in [-0.15, -0.1) is 0 Å². The quantitative estimate of drug-likeness (QED) is 0.921. The molecule has 1 amide bonds. The molecule has 2 unspecified atom stereocenters. The van der Waals surface area contributed by atoms with Crippen molar-refractivity contribution in [2.75, 3.05) is 13.1 Å². The first-order chi connectivity index (χ1) is 9.45. The standard InChI is InChI=1S/C17H26N2O/c1-12(2)7-17(20)19-10-15(9-16(18)11-19)14-6-4-5-13(3)8-14/h4-6,8,12,15-16H,7,9-11,18H2,1-3H3. The summed E-state index contributed by atoms with van der Waals surface area (Å²) in [5.41, 5.74) is 8.74. The van der Waals surface area contributed by atoms with Crippen LogP contribution in [-0.4, -0.2) is 29.9 Å². The van der Waals surface area contributed by atoms with E-state index in [9.17, 15) is 4.79 Å². The minimum absolute atomic E-state index is 0.0883. The van der Waals surface area contributed by atoms with Crippen LogP contribution in [-0.2, 0) is 4.79 Å². The Bertz CT molecular complexity index is 470. The minimum Gasteiger partial charge on any atom is -0.341 e. The third kappa shape index (κ3) is 3.83. The molecule has 0 saturated carbocycles. The van der Waals surface area contributed by atoms with E-state index < -0.39 is 0 Å². The maximum absolute atomic E-state index is 12.3. The maximum atomic E-state index is 12.3. The van der Waals surface area contributed by atoms with Gasteiger partial charge in [0.15, 0.2) is 0 Å². The van der Waals surface area contributed by atoms with Gasteiger partial charge in [-0.2, -0.15) is 0 Å². The summed E-state index contributed by atoms with van der Waals surface area (Å²) in [6, 6.07) is 8.65. The Hall–Kier alpha value is -1.35. The molecule has 0 radical (unpaired) electrons. The van der Waals surface area contributed by atoms with Crippen LogP contribution < -0.4 is 5.73 Å². The van der Waals surface area contributed by atoms with Crippen LogP contribution in [0.2, 0.25) is 0 Å². The number of likely N-dealkylation sites (tertiary alicyclic amines) is 1. The van der Waals surface area contributed by atoms with E-state index in [0.717, 1.165) is 13.0 Å². The van der Waals surface area contributed by atoms with Crippen LogP contribution >= 0.6 is 0 Å². The number of amides is 1. The van der Waals surface area contributed by atoms with Gasteiger partial charge in [-0.3, -0.25) is 4.79 Å². The highest BCUT2D eigenvalue weighted by atomic mass is 16.2. The fourth-order valence-corrected chi connectivity index (χ4v) is 2.99. The van der Waals surface area contributed by atoms with Crippen LogP contribution in [0.5, 0.6) is 0 Å². The Morgan fingerprint density at radius 3 is 2.80 bits per heavy atom. The number of carbonyl (C=O) groups is 1. The third-order valence-electron chi connectivity index (χ3n) is 3.93. The predicted octanol–water partition coefficient (Wildman–Crippen LogP) is 2.68. The van der Waals surface area contributed by atoms with Crippen LogP contribution in [0.3, 0.4) is 0 Å². The van der Waals surface area contributed by atoms with Crippen molar-refractivity contribution in [3.05, 3.63) is 35.4 Å². The van der Waals surface area contributed by atoms with Gasteiger partial charge in [-0.25, -0.2) is 0 Å². The summed E-state index contributed by atoms with van der Waals surface area (Å²) >= 11 is 0. The van der Waals surface area contributed by atoms with Crippen molar-refractivity contribution in [2.24, 2.45) is 11.7 Å². The highest BCUT2D eigenvalue weighted by molar-refractivity contribution is 5.76. The summed E-state index contributed by atoms with van der Waals surface area (Å²) in [7, 11) is 0. The predicted molar refractivity (Wildman–Crippen MR) is 82.5 cm³/mol. The van der Waals surface area contributed by atoms with E-state index in [0.29, 0.717) is 24.8 Å². The lowest BCUT2D eigenvalue weighted by molar-refractivity contribution is -0.133. The lowest BCUT2D eigenvalue weighted by Crippen LogP contribution is -2.48. The Morgan fingerprint density at radius 1 is 1.40 bits per heavy atom. The number of nitrogens with two attached hydrogens (primary N) is 1. The minimum atomic E-state index is 0.0883. The van der Waals surface area contributed by atoms with Crippen molar-refractivity contribution in [3.63, 3.8) is 0 Å². The Kier molecular flexibility index (Phi) is 4.81. The van der Waals surface area contributed by atoms with Gasteiger partial charge in [-0.05, 0) is 24.8 Å². The molecule has 1 heterocycles. The molecule has 0 aliphatic carbocycles. The molecule has 2 atom stereocenters. The molecule has 0 spiro atoms. The number of hydrogen-bond donors (Lipinski definition) is 1. The molecule has 1 aromatic rings. The Labute approximate surface area is 122 Å². The summed E-state index contributed by atoms with van der Waals surface area (Å²) in [6.45, 7) is 7.78. The van der Waals surface area contributed by atoms with E-state index in [1.54, 1.807) is 0 Å². The average molecular weight is 274 g/mol. The largest absolute Gasteiger partial charge is 0.341 e. The monoisotopic (exact) mass is 274 g/mol. The SMILES string of the molecule is Cc1cccc(C2CC(N)CN(C(=O)CC(C)C)C2)c1. The van der Waals surface area contributed by atoms with Crippen molar-refractivity contribution < 1.29 is 4.79 Å². The van der Waals surface area contributed by atoms with Crippen molar-refractivity contribution in [1.82, 2.24) is 4.90 Å². The topological polar surface area (TPSA) is 46.3 Å². The number of aryl methyl sites for hydroxylation is 1. The van der Waals surface area contributed by atoms with Crippen molar-refractivity contribution in [2.45, 2.75) is 45.6 Å². The van der Waals surface area contributed by atoms with E-state index in [4.69, 9.17) is 5.73 Å². The fraction of sp³-hybridized carbons (Fsp3) is 0.588. The second-order valence-electron chi connectivity index (χ2n) is 6.50. The molecule has 20 heavy (non-hydrogen) atoms. The summed E-state index contributed by atoms with van der Waals surface area (Å²) in [6.07, 6.45) is 1.59. The van der Waals surface area contributed by atoms with Crippen molar-refractivity contribution >= 4 is 5.91 Å². The molecule has 1 aromatic carbocycles. The third-order valence-corrected chi connectivity index (χ3v) is 3.93. The van der Waals surface area contributed by atoms with Gasteiger partial charge in [0, 0.05) is 31.5 Å². The number of hydrogen-bond acceptors (Lipinski definition) is 2. The lowest BCUT2D eigenvalue weighted by Gasteiger charge is -2.37. The van der Waals surface area contributed by atoms with Crippen LogP contribution in [0.15, 0.2) is 24.3 Å². The molecular weight excluding hydrogens is 248 g/mol. The summed E-state index contributed by atoms with van der Waals surface area (Å²) in [5.74, 6) is 1.01. The van der Waals surface area contributed by atoms with E-state index in [2.05, 4.69) is 45.0 Å². The smallest absolute Gasteiger partial charge is 0.222 e. The zero-order valence-corrected chi connectivity index (χ0v) is 12.8. The van der Waals surface area contributed by atoms with Crippen LogP contribution in [0.4, 0.5) is 0 Å². The highest BCUT2D eigenvalue weighted by Gasteiger charge is 2.29. The molecule has 3 nitrogen and oxygen atoms in total. The molecule has 0 aromatic heterocycles. The Balaban J connectivity index is 2.10. The molecule has 110 valence electrons. The molecule has 1 fully saturated rings. The summed E-state index contributed by atoms with van der Waals surface area (Å²) in [4.78, 5) is 14.2. The molecule has 1 aliphatic rings. The summed E-state index contributed by atoms with van der Waals surface area (Å²) < 4.78 is 0. The molecule has 2 rings (SSSR count). The van der Waals surface area contributed by atoms with Gasteiger partial charge >= 0.3 is 0 Å². The van der Waals surface area contributed by atoms with Crippen molar-refractivity contribution in [3.8, 4) is 0 Å². The van der Waals surface area contributed by atoms with E-state index in [1.807, 2.05) is 4.90 Å². The highest BCUT2D eigenvalue weighted by Crippen LogP contribution is 2.27. The zero-order chi connectivity index (χ0) is 14.7. The van der Waals surface area contributed by atoms with Gasteiger partial charge in [0.25, 0.3) is 0 Å².